The first kappa shape index (κ1) is 12.5. The molecule has 0 spiro atoms. The Morgan fingerprint density at radius 1 is 1.22 bits per heavy atom. The van der Waals surface area contributed by atoms with Crippen LogP contribution < -0.4 is 10.4 Å². The van der Waals surface area contributed by atoms with Gasteiger partial charge in [-0.15, -0.1) is 0 Å². The van der Waals surface area contributed by atoms with Gasteiger partial charge in [0.05, 0.1) is 13.2 Å². The Bertz CT molecular complexity index is 629. The van der Waals surface area contributed by atoms with E-state index in [9.17, 15) is 4.79 Å². The van der Waals surface area contributed by atoms with Gasteiger partial charge in [-0.2, -0.15) is 0 Å². The van der Waals surface area contributed by atoms with Crippen LogP contribution in [0.4, 0.5) is 0 Å². The van der Waals surface area contributed by atoms with E-state index in [1.165, 1.54) is 13.2 Å². The average Bonchev–Trinajstić information content (AvgIpc) is 2.36. The zero-order valence-corrected chi connectivity index (χ0v) is 10.5. The fraction of sp³-hybridized carbons (Fsp3) is 0.0714. The van der Waals surface area contributed by atoms with Crippen LogP contribution in [0.15, 0.2) is 45.6 Å². The maximum absolute atomic E-state index is 11.2. The summed E-state index contributed by atoms with van der Waals surface area (Å²) < 4.78 is 10.0. The van der Waals surface area contributed by atoms with Gasteiger partial charge in [0.1, 0.15) is 11.5 Å². The Morgan fingerprint density at radius 2 is 2.06 bits per heavy atom. The van der Waals surface area contributed by atoms with E-state index in [1.54, 1.807) is 18.2 Å². The van der Waals surface area contributed by atoms with Gasteiger partial charge in [-0.05, 0) is 23.8 Å². The maximum atomic E-state index is 11.2. The predicted molar refractivity (Wildman–Crippen MR) is 71.9 cm³/mol. The number of hydrogen-bond acceptors (Lipinski definition) is 3. The normalized spacial score (nSPS) is 10.8. The molecule has 0 radical (unpaired) electrons. The van der Waals surface area contributed by atoms with E-state index in [0.717, 1.165) is 5.56 Å². The second kappa shape index (κ2) is 5.56. The summed E-state index contributed by atoms with van der Waals surface area (Å²) >= 11 is 5.87. The van der Waals surface area contributed by atoms with Gasteiger partial charge in [-0.1, -0.05) is 29.8 Å². The van der Waals surface area contributed by atoms with Crippen LogP contribution in [0, 0.1) is 0 Å². The smallest absolute Gasteiger partial charge is 0.339 e. The molecule has 1 heterocycles. The van der Waals surface area contributed by atoms with Crippen molar-refractivity contribution in [2.24, 2.45) is 0 Å². The topological polar surface area (TPSA) is 39.4 Å². The van der Waals surface area contributed by atoms with Crippen molar-refractivity contribution in [1.29, 1.82) is 0 Å². The Morgan fingerprint density at radius 3 is 2.78 bits per heavy atom. The summed E-state index contributed by atoms with van der Waals surface area (Å²) in [5.41, 5.74) is 0.480. The number of hydrogen-bond donors (Lipinski definition) is 0. The first-order valence-electron chi connectivity index (χ1n) is 5.30. The van der Waals surface area contributed by atoms with Gasteiger partial charge >= 0.3 is 5.63 Å². The average molecular weight is 263 g/mol. The van der Waals surface area contributed by atoms with Crippen molar-refractivity contribution in [3.8, 4) is 5.75 Å². The quantitative estimate of drug-likeness (QED) is 0.850. The van der Waals surface area contributed by atoms with Crippen LogP contribution in [-0.2, 0) is 0 Å². The van der Waals surface area contributed by atoms with E-state index in [4.69, 9.17) is 20.8 Å². The molecule has 1 aromatic heterocycles. The molecule has 4 heteroatoms. The van der Waals surface area contributed by atoms with E-state index in [1.807, 2.05) is 24.3 Å². The summed E-state index contributed by atoms with van der Waals surface area (Å²) in [7, 11) is 1.50. The number of halogens is 1. The molecular formula is C14H11ClO3. The lowest BCUT2D eigenvalue weighted by atomic mass is 10.2. The van der Waals surface area contributed by atoms with E-state index in [0.29, 0.717) is 16.5 Å². The Labute approximate surface area is 109 Å². The first-order chi connectivity index (χ1) is 8.67. The summed E-state index contributed by atoms with van der Waals surface area (Å²) in [4.78, 5) is 11.2. The zero-order chi connectivity index (χ0) is 13.0. The highest BCUT2D eigenvalue weighted by Crippen LogP contribution is 2.15. The molecular weight excluding hydrogens is 252 g/mol. The fourth-order valence-corrected chi connectivity index (χ4v) is 1.66. The van der Waals surface area contributed by atoms with Crippen molar-refractivity contribution in [1.82, 2.24) is 0 Å². The van der Waals surface area contributed by atoms with Gasteiger partial charge < -0.3 is 9.15 Å². The standard InChI is InChI=1S/C14H11ClO3/c1-17-13-8-12(18-14(16)9-13)6-5-10-3-2-4-11(15)7-10/h2-9H,1H3/b6-5+. The van der Waals surface area contributed by atoms with E-state index in [2.05, 4.69) is 0 Å². The summed E-state index contributed by atoms with van der Waals surface area (Å²) in [6, 6.07) is 10.3. The molecule has 18 heavy (non-hydrogen) atoms. The summed E-state index contributed by atoms with van der Waals surface area (Å²) in [6.07, 6.45) is 3.50. The highest BCUT2D eigenvalue weighted by molar-refractivity contribution is 6.30. The molecule has 2 aromatic rings. The van der Waals surface area contributed by atoms with Crippen molar-refractivity contribution in [2.75, 3.05) is 7.11 Å². The highest BCUT2D eigenvalue weighted by atomic mass is 35.5. The van der Waals surface area contributed by atoms with Gasteiger partial charge in [0.15, 0.2) is 0 Å². The maximum Gasteiger partial charge on any atom is 0.339 e. The van der Waals surface area contributed by atoms with Gasteiger partial charge in [-0.25, -0.2) is 4.79 Å². The highest BCUT2D eigenvalue weighted by Gasteiger charge is 1.98. The molecule has 0 N–H and O–H groups in total. The molecule has 92 valence electrons. The van der Waals surface area contributed by atoms with Crippen molar-refractivity contribution in [3.05, 3.63) is 63.2 Å². The monoisotopic (exact) mass is 262 g/mol. The van der Waals surface area contributed by atoms with Crippen molar-refractivity contribution in [3.63, 3.8) is 0 Å². The van der Waals surface area contributed by atoms with Gasteiger partial charge in [0, 0.05) is 11.1 Å². The van der Waals surface area contributed by atoms with Crippen LogP contribution >= 0.6 is 11.6 Å². The van der Waals surface area contributed by atoms with Gasteiger partial charge in [0.2, 0.25) is 0 Å². The van der Waals surface area contributed by atoms with Crippen LogP contribution in [0.3, 0.4) is 0 Å². The lowest BCUT2D eigenvalue weighted by Crippen LogP contribution is -1.98. The minimum atomic E-state index is -0.444. The third-order valence-electron chi connectivity index (χ3n) is 2.29. The molecule has 0 unspecified atom stereocenters. The number of benzene rings is 1. The van der Waals surface area contributed by atoms with Gasteiger partial charge in [0.25, 0.3) is 0 Å². The molecule has 0 bridgehead atoms. The van der Waals surface area contributed by atoms with Crippen molar-refractivity contribution >= 4 is 23.8 Å². The third kappa shape index (κ3) is 3.25. The van der Waals surface area contributed by atoms with Crippen LogP contribution in [-0.4, -0.2) is 7.11 Å². The number of rotatable bonds is 3. The Hall–Kier alpha value is -2.00. The van der Waals surface area contributed by atoms with E-state index in [-0.39, 0.29) is 0 Å². The Kier molecular flexibility index (Phi) is 3.85. The molecule has 0 fully saturated rings. The second-order valence-electron chi connectivity index (χ2n) is 3.61. The van der Waals surface area contributed by atoms with Crippen molar-refractivity contribution in [2.45, 2.75) is 0 Å². The zero-order valence-electron chi connectivity index (χ0n) is 9.72. The molecule has 0 atom stereocenters. The van der Waals surface area contributed by atoms with Crippen LogP contribution in [0.25, 0.3) is 12.2 Å². The van der Waals surface area contributed by atoms with Crippen LogP contribution in [0.2, 0.25) is 5.02 Å². The second-order valence-corrected chi connectivity index (χ2v) is 4.04. The first-order valence-corrected chi connectivity index (χ1v) is 5.68. The van der Waals surface area contributed by atoms with Crippen molar-refractivity contribution < 1.29 is 9.15 Å². The lowest BCUT2D eigenvalue weighted by Gasteiger charge is -1.99. The molecule has 3 nitrogen and oxygen atoms in total. The third-order valence-corrected chi connectivity index (χ3v) is 2.52. The minimum Gasteiger partial charge on any atom is -0.496 e. The molecule has 0 saturated carbocycles. The SMILES string of the molecule is COc1cc(/C=C/c2cccc(Cl)c2)oc(=O)c1. The number of methoxy groups -OCH3 is 1. The minimum absolute atomic E-state index is 0.430. The van der Waals surface area contributed by atoms with E-state index < -0.39 is 5.63 Å². The van der Waals surface area contributed by atoms with Crippen LogP contribution in [0.5, 0.6) is 5.75 Å². The summed E-state index contributed by atoms with van der Waals surface area (Å²) in [6.45, 7) is 0. The molecule has 0 aliphatic carbocycles. The molecule has 0 aliphatic rings. The summed E-state index contributed by atoms with van der Waals surface area (Å²) in [5, 5.41) is 0.657. The molecule has 0 amide bonds. The Balaban J connectivity index is 2.28. The molecule has 0 aliphatic heterocycles. The fourth-order valence-electron chi connectivity index (χ4n) is 1.46. The summed E-state index contributed by atoms with van der Waals surface area (Å²) in [5.74, 6) is 0.899. The van der Waals surface area contributed by atoms with Crippen LogP contribution in [0.1, 0.15) is 11.3 Å². The molecule has 2 rings (SSSR count). The van der Waals surface area contributed by atoms with E-state index >= 15 is 0 Å². The largest absolute Gasteiger partial charge is 0.496 e. The molecule has 1 aromatic carbocycles. The number of ether oxygens (including phenoxy) is 1. The lowest BCUT2D eigenvalue weighted by molar-refractivity contribution is 0.400. The predicted octanol–water partition coefficient (Wildman–Crippen LogP) is 3.47. The van der Waals surface area contributed by atoms with Gasteiger partial charge in [-0.3, -0.25) is 0 Å². The molecule has 0 saturated heterocycles.